The van der Waals surface area contributed by atoms with Crippen LogP contribution >= 0.6 is 47.4 Å². The van der Waals surface area contributed by atoms with Gasteiger partial charge in [-0.25, -0.2) is 0 Å². The maximum absolute atomic E-state index is 12.4. The summed E-state index contributed by atoms with van der Waals surface area (Å²) < 4.78 is 0. The van der Waals surface area contributed by atoms with Crippen LogP contribution in [-0.2, 0) is 12.0 Å². The van der Waals surface area contributed by atoms with Crippen molar-refractivity contribution < 1.29 is 4.79 Å². The number of aromatic nitrogens is 1. The van der Waals surface area contributed by atoms with E-state index >= 15 is 0 Å². The first-order chi connectivity index (χ1) is 11.9. The molecule has 1 aromatic carbocycles. The lowest BCUT2D eigenvalue weighted by Crippen LogP contribution is -2.29. The number of ketones is 1. The summed E-state index contributed by atoms with van der Waals surface area (Å²) in [6, 6.07) is 8.91. The number of aliphatic imine (C=N–C) groups is 1. The Kier molecular flexibility index (Phi) is 6.97. The highest BCUT2D eigenvalue weighted by atomic mass is 35.5. The van der Waals surface area contributed by atoms with E-state index in [1.54, 1.807) is 23.9 Å². The molecule has 1 atom stereocenters. The van der Waals surface area contributed by atoms with Crippen molar-refractivity contribution in [3.8, 4) is 0 Å². The standard InChI is InChI=1S/C18H17Cl2N3OS.ClH/c1-18(6-7-25-17(21)23-18)13-8-11(2-4-14(13)20)9-16(24)15-5-3-12(19)10-22-15;/h2-5,8,10H,6-7,9H2,1H3,(H2,21,23);1H. The molecule has 8 heteroatoms. The van der Waals surface area contributed by atoms with E-state index < -0.39 is 5.54 Å². The number of hydrogen-bond donors (Lipinski definition) is 1. The minimum absolute atomic E-state index is 0. The van der Waals surface area contributed by atoms with E-state index in [1.165, 1.54) is 6.20 Å². The maximum Gasteiger partial charge on any atom is 0.185 e. The highest BCUT2D eigenvalue weighted by Crippen LogP contribution is 2.39. The Labute approximate surface area is 173 Å². The van der Waals surface area contributed by atoms with E-state index in [2.05, 4.69) is 9.98 Å². The highest BCUT2D eigenvalue weighted by molar-refractivity contribution is 8.13. The van der Waals surface area contributed by atoms with Crippen molar-refractivity contribution in [1.82, 2.24) is 4.98 Å². The van der Waals surface area contributed by atoms with Gasteiger partial charge in [0.15, 0.2) is 11.0 Å². The molecule has 0 saturated heterocycles. The van der Waals surface area contributed by atoms with Crippen LogP contribution in [0.25, 0.3) is 0 Å². The summed E-state index contributed by atoms with van der Waals surface area (Å²) in [7, 11) is 0. The largest absolute Gasteiger partial charge is 0.379 e. The third-order valence-corrected chi connectivity index (χ3v) is 5.53. The van der Waals surface area contributed by atoms with Gasteiger partial charge in [-0.15, -0.1) is 12.4 Å². The number of carbonyl (C=O) groups is 1. The van der Waals surface area contributed by atoms with Crippen LogP contribution in [0.2, 0.25) is 10.0 Å². The van der Waals surface area contributed by atoms with Gasteiger partial charge in [0.1, 0.15) is 5.69 Å². The topological polar surface area (TPSA) is 68.3 Å². The molecular formula is C18H18Cl3N3OS. The molecule has 0 fully saturated rings. The molecule has 3 rings (SSSR count). The summed E-state index contributed by atoms with van der Waals surface area (Å²) in [5.41, 5.74) is 7.59. The van der Waals surface area contributed by atoms with Gasteiger partial charge in [0.2, 0.25) is 0 Å². The summed E-state index contributed by atoms with van der Waals surface area (Å²) in [6.07, 6.45) is 2.55. The smallest absolute Gasteiger partial charge is 0.185 e. The lowest BCUT2D eigenvalue weighted by Gasteiger charge is -2.30. The first kappa shape index (κ1) is 21.0. The first-order valence-electron chi connectivity index (χ1n) is 7.79. The minimum atomic E-state index is -0.468. The number of halogens is 3. The Morgan fingerprint density at radius 1 is 1.31 bits per heavy atom. The molecule has 0 spiro atoms. The van der Waals surface area contributed by atoms with Crippen molar-refractivity contribution in [3.63, 3.8) is 0 Å². The van der Waals surface area contributed by atoms with E-state index in [4.69, 9.17) is 28.9 Å². The number of thioether (sulfide) groups is 1. The van der Waals surface area contributed by atoms with Crippen LogP contribution in [0.4, 0.5) is 0 Å². The zero-order valence-electron chi connectivity index (χ0n) is 14.0. The van der Waals surface area contributed by atoms with Crippen LogP contribution < -0.4 is 5.73 Å². The second kappa shape index (κ2) is 8.61. The van der Waals surface area contributed by atoms with Crippen molar-refractivity contribution in [1.29, 1.82) is 0 Å². The zero-order chi connectivity index (χ0) is 18.0. The average molecular weight is 431 g/mol. The van der Waals surface area contributed by atoms with Gasteiger partial charge in [0.25, 0.3) is 0 Å². The van der Waals surface area contributed by atoms with Gasteiger partial charge >= 0.3 is 0 Å². The van der Waals surface area contributed by atoms with E-state index in [0.717, 1.165) is 23.3 Å². The predicted molar refractivity (Wildman–Crippen MR) is 112 cm³/mol. The van der Waals surface area contributed by atoms with Gasteiger partial charge in [-0.1, -0.05) is 47.1 Å². The first-order valence-corrected chi connectivity index (χ1v) is 9.53. The van der Waals surface area contributed by atoms with Gasteiger partial charge < -0.3 is 5.73 Å². The molecule has 0 radical (unpaired) electrons. The SMILES string of the molecule is CC1(c2cc(CC(=O)c3ccc(Cl)cn3)ccc2Cl)CCSC(N)=N1.Cl. The Morgan fingerprint density at radius 3 is 2.73 bits per heavy atom. The molecular weight excluding hydrogens is 413 g/mol. The number of pyridine rings is 1. The molecule has 4 nitrogen and oxygen atoms in total. The van der Waals surface area contributed by atoms with Crippen LogP contribution in [0.3, 0.4) is 0 Å². The Morgan fingerprint density at radius 2 is 2.08 bits per heavy atom. The number of hydrogen-bond acceptors (Lipinski definition) is 5. The maximum atomic E-state index is 12.4. The molecule has 0 amide bonds. The monoisotopic (exact) mass is 429 g/mol. The highest BCUT2D eigenvalue weighted by Gasteiger charge is 2.31. The summed E-state index contributed by atoms with van der Waals surface area (Å²) in [6.45, 7) is 2.02. The number of amidine groups is 1. The molecule has 1 unspecified atom stereocenters. The number of nitrogens with zero attached hydrogens (tertiary/aromatic N) is 2. The van der Waals surface area contributed by atoms with E-state index in [0.29, 0.717) is 20.9 Å². The summed E-state index contributed by atoms with van der Waals surface area (Å²) in [5.74, 6) is 0.817. The van der Waals surface area contributed by atoms with Crippen LogP contribution in [0.15, 0.2) is 41.5 Å². The number of nitrogens with two attached hydrogens (primary N) is 1. The van der Waals surface area contributed by atoms with Gasteiger partial charge in [0.05, 0.1) is 10.6 Å². The van der Waals surface area contributed by atoms with E-state index in [1.807, 2.05) is 25.1 Å². The van der Waals surface area contributed by atoms with Crippen molar-refractivity contribution in [2.24, 2.45) is 10.7 Å². The van der Waals surface area contributed by atoms with Crippen LogP contribution in [0.5, 0.6) is 0 Å². The molecule has 1 aliphatic heterocycles. The Hall–Kier alpha value is -1.27. The average Bonchev–Trinajstić information content (AvgIpc) is 2.57. The van der Waals surface area contributed by atoms with Crippen LogP contribution in [0.1, 0.15) is 35.0 Å². The molecule has 2 aromatic rings. The molecule has 26 heavy (non-hydrogen) atoms. The lowest BCUT2D eigenvalue weighted by molar-refractivity contribution is 0.0988. The third-order valence-electron chi connectivity index (χ3n) is 4.18. The molecule has 1 aromatic heterocycles. The molecule has 0 saturated carbocycles. The van der Waals surface area contributed by atoms with Crippen LogP contribution in [-0.4, -0.2) is 21.7 Å². The molecule has 2 heterocycles. The fourth-order valence-electron chi connectivity index (χ4n) is 2.79. The third kappa shape index (κ3) is 4.71. The number of benzene rings is 1. The van der Waals surface area contributed by atoms with Crippen molar-refractivity contribution in [2.75, 3.05) is 5.75 Å². The van der Waals surface area contributed by atoms with E-state index in [9.17, 15) is 4.79 Å². The van der Waals surface area contributed by atoms with Crippen molar-refractivity contribution >= 4 is 58.3 Å². The molecule has 0 bridgehead atoms. The zero-order valence-corrected chi connectivity index (χ0v) is 17.2. The summed E-state index contributed by atoms with van der Waals surface area (Å²) in [5, 5.41) is 1.70. The Balaban J connectivity index is 0.00000243. The quantitative estimate of drug-likeness (QED) is 0.700. The van der Waals surface area contributed by atoms with E-state index in [-0.39, 0.29) is 24.6 Å². The fourth-order valence-corrected chi connectivity index (χ4v) is 4.20. The predicted octanol–water partition coefficient (Wildman–Crippen LogP) is 4.90. The van der Waals surface area contributed by atoms with Crippen molar-refractivity contribution in [2.45, 2.75) is 25.3 Å². The normalized spacial score (nSPS) is 19.4. The second-order valence-electron chi connectivity index (χ2n) is 6.10. The molecule has 0 aliphatic carbocycles. The fraction of sp³-hybridized carbons (Fsp3) is 0.278. The van der Waals surface area contributed by atoms with Gasteiger partial charge in [-0.05, 0) is 42.7 Å². The molecule has 138 valence electrons. The molecule has 2 N–H and O–H groups in total. The number of carbonyl (C=O) groups excluding carboxylic acids is 1. The summed E-state index contributed by atoms with van der Waals surface area (Å²) >= 11 is 13.8. The molecule has 1 aliphatic rings. The number of rotatable bonds is 4. The van der Waals surface area contributed by atoms with Gasteiger partial charge in [-0.2, -0.15) is 0 Å². The lowest BCUT2D eigenvalue weighted by atomic mass is 9.88. The van der Waals surface area contributed by atoms with Crippen LogP contribution in [0, 0.1) is 0 Å². The van der Waals surface area contributed by atoms with Crippen molar-refractivity contribution in [3.05, 3.63) is 63.4 Å². The second-order valence-corrected chi connectivity index (χ2v) is 8.06. The summed E-state index contributed by atoms with van der Waals surface area (Å²) in [4.78, 5) is 21.1. The van der Waals surface area contributed by atoms with Gasteiger partial charge in [0, 0.05) is 23.4 Å². The number of Topliss-reactive ketones (excluding diaryl/α,β-unsaturated/α-hetero) is 1. The van der Waals surface area contributed by atoms with Gasteiger partial charge in [-0.3, -0.25) is 14.8 Å². The minimum Gasteiger partial charge on any atom is -0.379 e. The Bertz CT molecular complexity index is 842.